The van der Waals surface area contributed by atoms with Crippen molar-refractivity contribution >= 4 is 0 Å². The molecule has 0 radical (unpaired) electrons. The molecule has 0 saturated heterocycles. The smallest absolute Gasteiger partial charge is 0.0321 e. The highest BCUT2D eigenvalue weighted by atomic mass is 14.9. The van der Waals surface area contributed by atoms with E-state index in [-0.39, 0.29) is 0 Å². The molecule has 0 spiro atoms. The molecule has 1 rings (SSSR count). The maximum atomic E-state index is 4.16. The first kappa shape index (κ1) is 13.2. The number of hydrogen-bond donors (Lipinski definition) is 1. The largest absolute Gasteiger partial charge is 0.310 e. The van der Waals surface area contributed by atoms with E-state index in [1.165, 1.54) is 12.0 Å². The van der Waals surface area contributed by atoms with E-state index in [4.69, 9.17) is 0 Å². The molecule has 0 aromatic carbocycles. The Bertz CT molecular complexity index is 275. The first-order valence-electron chi connectivity index (χ1n) is 6.40. The topological polar surface area (TPSA) is 12.0 Å². The van der Waals surface area contributed by atoms with Crippen molar-refractivity contribution in [3.63, 3.8) is 0 Å². The minimum atomic E-state index is 0.484. The predicted octanol–water partition coefficient (Wildman–Crippen LogP) is 3.70. The normalized spacial score (nSPS) is 26.4. The van der Waals surface area contributed by atoms with E-state index in [9.17, 15) is 0 Å². The number of allylic oxidation sites excluding steroid dienone is 3. The molecule has 0 aromatic heterocycles. The molecule has 1 aliphatic carbocycles. The van der Waals surface area contributed by atoms with Crippen LogP contribution in [0.15, 0.2) is 36.5 Å². The lowest BCUT2D eigenvalue weighted by molar-refractivity contribution is 0.428. The number of hydrogen-bond acceptors (Lipinski definition) is 1. The summed E-state index contributed by atoms with van der Waals surface area (Å²) >= 11 is 0. The Kier molecular flexibility index (Phi) is 5.54. The lowest BCUT2D eigenvalue weighted by atomic mass is 9.93. The van der Waals surface area contributed by atoms with Gasteiger partial charge in [-0.05, 0) is 25.8 Å². The third-order valence-electron chi connectivity index (χ3n) is 3.42. The summed E-state index contributed by atoms with van der Waals surface area (Å²) < 4.78 is 0. The molecule has 90 valence electrons. The number of nitrogens with one attached hydrogen (secondary N) is 1. The van der Waals surface area contributed by atoms with Gasteiger partial charge in [0.2, 0.25) is 0 Å². The zero-order valence-corrected chi connectivity index (χ0v) is 10.9. The highest BCUT2D eigenvalue weighted by Crippen LogP contribution is 2.26. The average molecular weight is 219 g/mol. The van der Waals surface area contributed by atoms with Crippen molar-refractivity contribution in [2.75, 3.05) is 6.54 Å². The van der Waals surface area contributed by atoms with Gasteiger partial charge in [-0.1, -0.05) is 56.7 Å². The zero-order chi connectivity index (χ0) is 12.0. The molecule has 1 N–H and O–H groups in total. The molecule has 0 heterocycles. The van der Waals surface area contributed by atoms with Gasteiger partial charge in [0.15, 0.2) is 0 Å². The van der Waals surface area contributed by atoms with Crippen LogP contribution in [-0.2, 0) is 0 Å². The average Bonchev–Trinajstić information content (AvgIpc) is 2.74. The van der Waals surface area contributed by atoms with Crippen LogP contribution in [0.4, 0.5) is 0 Å². The van der Waals surface area contributed by atoms with Crippen LogP contribution in [0.2, 0.25) is 0 Å². The summed E-state index contributed by atoms with van der Waals surface area (Å²) in [6.07, 6.45) is 11.1. The van der Waals surface area contributed by atoms with Crippen molar-refractivity contribution in [2.24, 2.45) is 11.8 Å². The van der Waals surface area contributed by atoms with Crippen LogP contribution >= 0.6 is 0 Å². The van der Waals surface area contributed by atoms with Crippen molar-refractivity contribution in [3.05, 3.63) is 36.5 Å². The van der Waals surface area contributed by atoms with Gasteiger partial charge >= 0.3 is 0 Å². The maximum absolute atomic E-state index is 4.16. The van der Waals surface area contributed by atoms with Gasteiger partial charge in [-0.3, -0.25) is 0 Å². The first-order valence-corrected chi connectivity index (χ1v) is 6.40. The van der Waals surface area contributed by atoms with Gasteiger partial charge in [0.25, 0.3) is 0 Å². The molecule has 1 heteroatoms. The van der Waals surface area contributed by atoms with Crippen molar-refractivity contribution < 1.29 is 0 Å². The summed E-state index contributed by atoms with van der Waals surface area (Å²) in [7, 11) is 0. The quantitative estimate of drug-likeness (QED) is 0.530. The lowest BCUT2D eigenvalue weighted by Gasteiger charge is -2.23. The summed E-state index contributed by atoms with van der Waals surface area (Å²) in [6, 6.07) is 0.484. The van der Waals surface area contributed by atoms with Crippen LogP contribution in [0.5, 0.6) is 0 Å². The van der Waals surface area contributed by atoms with E-state index in [0.717, 1.165) is 18.9 Å². The molecular formula is C15H25N. The number of rotatable bonds is 6. The van der Waals surface area contributed by atoms with Gasteiger partial charge in [-0.15, -0.1) is 0 Å². The van der Waals surface area contributed by atoms with Gasteiger partial charge in [-0.25, -0.2) is 0 Å². The van der Waals surface area contributed by atoms with Crippen LogP contribution in [0.1, 0.15) is 33.6 Å². The Hall–Kier alpha value is -0.820. The van der Waals surface area contributed by atoms with Gasteiger partial charge in [0.1, 0.15) is 0 Å². The van der Waals surface area contributed by atoms with Crippen LogP contribution in [0.3, 0.4) is 0 Å². The predicted molar refractivity (Wildman–Crippen MR) is 72.4 cm³/mol. The molecular weight excluding hydrogens is 194 g/mol. The summed E-state index contributed by atoms with van der Waals surface area (Å²) in [6.45, 7) is 11.8. The molecule has 0 saturated carbocycles. The second-order valence-electron chi connectivity index (χ2n) is 4.79. The van der Waals surface area contributed by atoms with Crippen LogP contribution in [0.25, 0.3) is 0 Å². The Morgan fingerprint density at radius 2 is 2.38 bits per heavy atom. The fourth-order valence-corrected chi connectivity index (χ4v) is 2.06. The lowest BCUT2D eigenvalue weighted by Crippen LogP contribution is -2.35. The maximum Gasteiger partial charge on any atom is 0.0321 e. The van der Waals surface area contributed by atoms with Crippen molar-refractivity contribution in [1.82, 2.24) is 5.32 Å². The highest BCUT2D eigenvalue weighted by Gasteiger charge is 2.23. The third kappa shape index (κ3) is 3.64. The van der Waals surface area contributed by atoms with E-state index >= 15 is 0 Å². The van der Waals surface area contributed by atoms with Gasteiger partial charge in [0.05, 0.1) is 0 Å². The van der Waals surface area contributed by atoms with Crippen LogP contribution in [0, 0.1) is 11.8 Å². The van der Waals surface area contributed by atoms with Gasteiger partial charge in [-0.2, -0.15) is 0 Å². The first-order chi connectivity index (χ1) is 7.69. The fourth-order valence-electron chi connectivity index (χ4n) is 2.06. The van der Waals surface area contributed by atoms with E-state index < -0.39 is 0 Å². The van der Waals surface area contributed by atoms with E-state index in [2.05, 4.69) is 57.0 Å². The molecule has 1 nitrogen and oxygen atoms in total. The molecule has 2 unspecified atom stereocenters. The minimum absolute atomic E-state index is 0.484. The molecule has 0 aromatic rings. The zero-order valence-electron chi connectivity index (χ0n) is 10.9. The fraction of sp³-hybridized carbons (Fsp3) is 0.600. The summed E-state index contributed by atoms with van der Waals surface area (Å²) in [5.74, 6) is 1.31. The summed E-state index contributed by atoms with van der Waals surface area (Å²) in [4.78, 5) is 0. The highest BCUT2D eigenvalue weighted by molar-refractivity contribution is 5.25. The van der Waals surface area contributed by atoms with E-state index in [1.54, 1.807) is 0 Å². The Morgan fingerprint density at radius 3 is 3.00 bits per heavy atom. The standard InChI is InChI=1S/C15H25N/c1-5-8-13(4)14-9-7-10-15(14)16-11-12(3)6-2/h5,7-8,10,12,14-16H,4,6,9,11H2,1-3H3/b8-5-/t12-,14?,15?/m0/s1. The summed E-state index contributed by atoms with van der Waals surface area (Å²) in [5, 5.41) is 3.64. The molecule has 0 bridgehead atoms. The minimum Gasteiger partial charge on any atom is -0.310 e. The molecule has 0 aliphatic heterocycles. The molecule has 16 heavy (non-hydrogen) atoms. The van der Waals surface area contributed by atoms with Crippen LogP contribution < -0.4 is 5.32 Å². The second-order valence-corrected chi connectivity index (χ2v) is 4.79. The Labute approximate surface area is 100 Å². The SMILES string of the molecule is C=C(/C=C\C)C1CC=CC1NC[C@@H](C)CC. The Morgan fingerprint density at radius 1 is 1.62 bits per heavy atom. The Balaban J connectivity index is 2.45. The molecule has 3 atom stereocenters. The monoisotopic (exact) mass is 219 g/mol. The molecule has 0 amide bonds. The second kappa shape index (κ2) is 6.70. The summed E-state index contributed by atoms with van der Waals surface area (Å²) in [5.41, 5.74) is 1.24. The van der Waals surface area contributed by atoms with E-state index in [0.29, 0.717) is 12.0 Å². The van der Waals surface area contributed by atoms with Crippen molar-refractivity contribution in [2.45, 2.75) is 39.7 Å². The van der Waals surface area contributed by atoms with E-state index in [1.807, 2.05) is 0 Å². The van der Waals surface area contributed by atoms with Gasteiger partial charge in [0, 0.05) is 12.0 Å². The van der Waals surface area contributed by atoms with Crippen molar-refractivity contribution in [3.8, 4) is 0 Å². The molecule has 1 aliphatic rings. The van der Waals surface area contributed by atoms with Gasteiger partial charge < -0.3 is 5.32 Å². The third-order valence-corrected chi connectivity index (χ3v) is 3.42. The molecule has 0 fully saturated rings. The van der Waals surface area contributed by atoms with Crippen molar-refractivity contribution in [1.29, 1.82) is 0 Å². The van der Waals surface area contributed by atoms with Crippen LogP contribution in [-0.4, -0.2) is 12.6 Å².